The number of rotatable bonds is 18. The molecule has 3 heterocycles. The van der Waals surface area contributed by atoms with Gasteiger partial charge in [0.2, 0.25) is 10.0 Å². The molecule has 1 aliphatic heterocycles. The predicted octanol–water partition coefficient (Wildman–Crippen LogP) is 0.500. The second-order valence-corrected chi connectivity index (χ2v) is 12.9. The third-order valence-electron chi connectivity index (χ3n) is 7.53. The van der Waals surface area contributed by atoms with E-state index in [0.717, 1.165) is 6.42 Å². The van der Waals surface area contributed by atoms with E-state index in [-0.39, 0.29) is 50.1 Å². The lowest BCUT2D eigenvalue weighted by atomic mass is 10.1. The molecular formula is C29H41N7O11S. The van der Waals surface area contributed by atoms with Crippen LogP contribution in [-0.2, 0) is 42.6 Å². The van der Waals surface area contributed by atoms with Crippen LogP contribution in [0.25, 0.3) is 22.4 Å². The van der Waals surface area contributed by atoms with Crippen molar-refractivity contribution in [2.24, 2.45) is 7.05 Å². The predicted molar refractivity (Wildman–Crippen MR) is 170 cm³/mol. The van der Waals surface area contributed by atoms with E-state index in [4.69, 9.17) is 19.2 Å². The Hall–Kier alpha value is -4.17. The van der Waals surface area contributed by atoms with Crippen molar-refractivity contribution in [3.05, 3.63) is 44.4 Å². The van der Waals surface area contributed by atoms with Gasteiger partial charge in [0.15, 0.2) is 5.52 Å². The van der Waals surface area contributed by atoms with E-state index in [2.05, 4.69) is 14.9 Å². The Balaban J connectivity index is 1.34. The summed E-state index contributed by atoms with van der Waals surface area (Å²) in [6.07, 6.45) is 0.165. The van der Waals surface area contributed by atoms with Crippen LogP contribution in [0.4, 0.5) is 0 Å². The fraction of sp³-hybridized carbons (Fsp3) is 0.586. The lowest BCUT2D eigenvalue weighted by Gasteiger charge is -2.33. The van der Waals surface area contributed by atoms with Gasteiger partial charge >= 0.3 is 5.97 Å². The lowest BCUT2D eigenvalue weighted by molar-refractivity contribution is -0.759. The highest BCUT2D eigenvalue weighted by Gasteiger charge is 2.30. The molecule has 0 bridgehead atoms. The number of aryl methyl sites for hydroxylation is 2. The summed E-state index contributed by atoms with van der Waals surface area (Å²) in [5, 5.41) is 23.1. The summed E-state index contributed by atoms with van der Waals surface area (Å²) in [4.78, 5) is 48.7. The summed E-state index contributed by atoms with van der Waals surface area (Å²) in [6.45, 7) is 5.09. The molecule has 1 aromatic carbocycles. The van der Waals surface area contributed by atoms with E-state index < -0.39 is 39.3 Å². The van der Waals surface area contributed by atoms with E-state index >= 15 is 0 Å². The number of hydrogen-bond donors (Lipinski definition) is 2. The molecule has 0 aliphatic carbocycles. The van der Waals surface area contributed by atoms with Crippen LogP contribution in [0.3, 0.4) is 0 Å². The number of piperazine rings is 1. The van der Waals surface area contributed by atoms with Crippen LogP contribution in [0.2, 0.25) is 0 Å². The summed E-state index contributed by atoms with van der Waals surface area (Å²) in [5.41, 5.74) is 1.43. The second-order valence-electron chi connectivity index (χ2n) is 11.0. The maximum atomic E-state index is 13.7. The molecule has 0 unspecified atom stereocenters. The SMILES string of the molecule is CCCc1nn(C)c2c(=O)[nH]c(-c3cc(S(=O)(=O)N4CCN(CCOC(=O)CCOC[C@H](O)CO[N+](=O)[O-])CC4)ccc3OCC)nc12. The van der Waals surface area contributed by atoms with Crippen molar-refractivity contribution >= 4 is 27.0 Å². The van der Waals surface area contributed by atoms with Crippen molar-refractivity contribution in [3.8, 4) is 17.1 Å². The smallest absolute Gasteiger partial charge is 0.308 e. The molecule has 1 atom stereocenters. The van der Waals surface area contributed by atoms with Gasteiger partial charge in [-0.3, -0.25) is 19.2 Å². The van der Waals surface area contributed by atoms with E-state index in [1.807, 2.05) is 11.8 Å². The molecule has 48 heavy (non-hydrogen) atoms. The number of carbonyl (C=O) groups is 1. The van der Waals surface area contributed by atoms with Gasteiger partial charge in [-0.15, -0.1) is 10.1 Å². The van der Waals surface area contributed by atoms with E-state index in [9.17, 15) is 33.2 Å². The molecule has 1 aliphatic rings. The number of nitrogens with zero attached hydrogens (tertiary/aromatic N) is 6. The normalized spacial score (nSPS) is 15.0. The highest BCUT2D eigenvalue weighted by Crippen LogP contribution is 2.32. The molecule has 19 heteroatoms. The first kappa shape index (κ1) is 36.7. The number of sulfonamides is 1. The fourth-order valence-electron chi connectivity index (χ4n) is 5.19. The maximum absolute atomic E-state index is 13.7. The number of ether oxygens (including phenoxy) is 3. The van der Waals surface area contributed by atoms with Crippen LogP contribution < -0.4 is 10.3 Å². The van der Waals surface area contributed by atoms with Gasteiger partial charge in [-0.2, -0.15) is 9.40 Å². The summed E-state index contributed by atoms with van der Waals surface area (Å²) < 4.78 is 46.5. The number of aromatic amines is 1. The first-order chi connectivity index (χ1) is 22.9. The van der Waals surface area contributed by atoms with Gasteiger partial charge in [0.1, 0.15) is 36.4 Å². The van der Waals surface area contributed by atoms with Crippen LogP contribution in [0.5, 0.6) is 5.75 Å². The molecule has 0 radical (unpaired) electrons. The van der Waals surface area contributed by atoms with Crippen LogP contribution in [0.1, 0.15) is 32.4 Å². The van der Waals surface area contributed by atoms with Gasteiger partial charge in [0.05, 0.1) is 42.4 Å². The number of H-pyrrole nitrogens is 1. The van der Waals surface area contributed by atoms with Crippen LogP contribution in [0.15, 0.2) is 27.9 Å². The molecule has 0 saturated carbocycles. The Bertz CT molecular complexity index is 1740. The summed E-state index contributed by atoms with van der Waals surface area (Å²) in [5.74, 6) is 0.0495. The van der Waals surface area contributed by atoms with Crippen molar-refractivity contribution in [1.29, 1.82) is 0 Å². The number of aromatic nitrogens is 4. The molecule has 0 spiro atoms. The average Bonchev–Trinajstić information content (AvgIpc) is 3.37. The number of fused-ring (bicyclic) bond motifs is 1. The second kappa shape index (κ2) is 16.8. The monoisotopic (exact) mass is 695 g/mol. The van der Waals surface area contributed by atoms with E-state index in [1.165, 1.54) is 21.1 Å². The van der Waals surface area contributed by atoms with Crippen molar-refractivity contribution in [2.75, 3.05) is 65.8 Å². The van der Waals surface area contributed by atoms with Gasteiger partial charge in [-0.25, -0.2) is 13.4 Å². The molecular weight excluding hydrogens is 654 g/mol. The Morgan fingerprint density at radius 2 is 1.92 bits per heavy atom. The topological polar surface area (TPSA) is 222 Å². The fourth-order valence-corrected chi connectivity index (χ4v) is 6.64. The Labute approximate surface area is 276 Å². The van der Waals surface area contributed by atoms with Crippen molar-refractivity contribution in [1.82, 2.24) is 29.0 Å². The van der Waals surface area contributed by atoms with Crippen molar-refractivity contribution in [2.45, 2.75) is 44.1 Å². The maximum Gasteiger partial charge on any atom is 0.308 e. The van der Waals surface area contributed by atoms with Crippen molar-refractivity contribution in [3.63, 3.8) is 0 Å². The number of nitrogens with one attached hydrogen (secondary N) is 1. The number of carbonyl (C=O) groups excluding carboxylic acids is 1. The quantitative estimate of drug-likeness (QED) is 0.0801. The molecule has 1 saturated heterocycles. The van der Waals surface area contributed by atoms with Crippen LogP contribution in [-0.4, -0.2) is 125 Å². The molecule has 0 amide bonds. The number of benzene rings is 1. The first-order valence-corrected chi connectivity index (χ1v) is 17.0. The minimum atomic E-state index is -3.92. The highest BCUT2D eigenvalue weighted by atomic mass is 32.2. The van der Waals surface area contributed by atoms with Gasteiger partial charge in [-0.05, 0) is 31.5 Å². The molecule has 2 aromatic heterocycles. The zero-order valence-electron chi connectivity index (χ0n) is 27.1. The zero-order valence-corrected chi connectivity index (χ0v) is 27.9. The van der Waals surface area contributed by atoms with Crippen LogP contribution in [0, 0.1) is 10.1 Å². The number of esters is 1. The van der Waals surface area contributed by atoms with E-state index in [0.29, 0.717) is 60.7 Å². The lowest BCUT2D eigenvalue weighted by Crippen LogP contribution is -2.49. The highest BCUT2D eigenvalue weighted by molar-refractivity contribution is 7.89. The van der Waals surface area contributed by atoms with E-state index in [1.54, 1.807) is 20.0 Å². The Morgan fingerprint density at radius 1 is 1.17 bits per heavy atom. The summed E-state index contributed by atoms with van der Waals surface area (Å²) in [6, 6.07) is 4.51. The zero-order chi connectivity index (χ0) is 34.8. The number of aliphatic hydroxyl groups is 1. The van der Waals surface area contributed by atoms with Crippen molar-refractivity contribution < 1.29 is 42.5 Å². The minimum absolute atomic E-state index is 0.0334. The van der Waals surface area contributed by atoms with Gasteiger partial charge in [0, 0.05) is 39.8 Å². The third-order valence-corrected chi connectivity index (χ3v) is 9.42. The van der Waals surface area contributed by atoms with Gasteiger partial charge < -0.3 is 29.1 Å². The standard InChI is InChI=1S/C29H41N7O11S/c1-4-6-23-26-27(33(3)32-23)29(39)31-28(30-26)22-17-21(7-8-24(22)45-5-2)48(42,43)35-12-10-34(11-13-35)14-16-46-25(38)9-15-44-18-20(37)19-47-36(40)41/h7-8,17,20,37H,4-6,9-16,18-19H2,1-3H3,(H,30,31,39)/t20-/m0/s1. The van der Waals surface area contributed by atoms with Crippen LogP contribution >= 0.6 is 0 Å². The molecule has 3 aromatic rings. The molecule has 2 N–H and O–H groups in total. The molecule has 18 nitrogen and oxygen atoms in total. The molecule has 264 valence electrons. The number of hydrogen-bond acceptors (Lipinski definition) is 14. The Kier molecular flexibility index (Phi) is 12.8. The first-order valence-electron chi connectivity index (χ1n) is 15.6. The summed E-state index contributed by atoms with van der Waals surface area (Å²) >= 11 is 0. The number of aliphatic hydroxyl groups excluding tert-OH is 1. The van der Waals surface area contributed by atoms with Gasteiger partial charge in [-0.1, -0.05) is 13.3 Å². The molecule has 1 fully saturated rings. The molecule has 4 rings (SSSR count). The Morgan fingerprint density at radius 3 is 2.60 bits per heavy atom. The van der Waals surface area contributed by atoms with Gasteiger partial charge in [0.25, 0.3) is 10.6 Å². The summed E-state index contributed by atoms with van der Waals surface area (Å²) in [7, 11) is -2.24. The average molecular weight is 696 g/mol. The minimum Gasteiger partial charge on any atom is -0.493 e. The largest absolute Gasteiger partial charge is 0.493 e. The third kappa shape index (κ3) is 9.25.